The monoisotopic (exact) mass is 353 g/mol. The molecular weight excluding hydrogens is 334 g/mol. The molecule has 108 valence electrons. The summed E-state index contributed by atoms with van der Waals surface area (Å²) in [4.78, 5) is 1.36. The Hall–Kier alpha value is -0.840. The lowest BCUT2D eigenvalue weighted by atomic mass is 10.2. The smallest absolute Gasteiger partial charge is 0.133 e. The van der Waals surface area contributed by atoms with Crippen LogP contribution in [0.4, 0.5) is 0 Å². The van der Waals surface area contributed by atoms with Crippen LogP contribution in [-0.4, -0.2) is 13.2 Å². The van der Waals surface area contributed by atoms with Crippen LogP contribution in [-0.2, 0) is 13.0 Å². The van der Waals surface area contributed by atoms with Crippen LogP contribution in [0.2, 0.25) is 0 Å². The summed E-state index contributed by atoms with van der Waals surface area (Å²) in [7, 11) is 0. The van der Waals surface area contributed by atoms with Crippen molar-refractivity contribution in [1.29, 1.82) is 0 Å². The zero-order chi connectivity index (χ0) is 14.2. The topological polar surface area (TPSA) is 21.3 Å². The van der Waals surface area contributed by atoms with Gasteiger partial charge in [-0.25, -0.2) is 0 Å². The summed E-state index contributed by atoms with van der Waals surface area (Å²) < 4.78 is 6.86. The minimum absolute atomic E-state index is 0.715. The van der Waals surface area contributed by atoms with Gasteiger partial charge in [-0.1, -0.05) is 19.1 Å². The van der Waals surface area contributed by atoms with Gasteiger partial charge in [-0.3, -0.25) is 0 Å². The van der Waals surface area contributed by atoms with Crippen LogP contribution < -0.4 is 10.1 Å². The van der Waals surface area contributed by atoms with Crippen molar-refractivity contribution in [2.24, 2.45) is 0 Å². The number of ether oxygens (including phenoxy) is 1. The summed E-state index contributed by atoms with van der Waals surface area (Å²) in [5.41, 5.74) is 1.27. The van der Waals surface area contributed by atoms with E-state index in [0.29, 0.717) is 6.61 Å². The van der Waals surface area contributed by atoms with Crippen LogP contribution >= 0.6 is 27.3 Å². The zero-order valence-corrected chi connectivity index (χ0v) is 14.1. The number of thiophene rings is 1. The Labute approximate surface area is 133 Å². The number of hydrogen-bond donors (Lipinski definition) is 1. The van der Waals surface area contributed by atoms with Gasteiger partial charge in [-0.05, 0) is 58.0 Å². The van der Waals surface area contributed by atoms with Crippen molar-refractivity contribution < 1.29 is 4.74 Å². The highest BCUT2D eigenvalue weighted by atomic mass is 79.9. The van der Waals surface area contributed by atoms with E-state index in [1.54, 1.807) is 11.3 Å². The number of rotatable bonds is 8. The largest absolute Gasteiger partial charge is 0.492 e. The molecule has 0 fully saturated rings. The van der Waals surface area contributed by atoms with Crippen LogP contribution in [0.15, 0.2) is 40.2 Å². The maximum absolute atomic E-state index is 5.83. The third-order valence-electron chi connectivity index (χ3n) is 2.94. The van der Waals surface area contributed by atoms with E-state index in [0.717, 1.165) is 36.2 Å². The van der Waals surface area contributed by atoms with Gasteiger partial charge < -0.3 is 10.1 Å². The Bertz CT molecular complexity index is 513. The maximum Gasteiger partial charge on any atom is 0.133 e. The molecule has 1 heterocycles. The summed E-state index contributed by atoms with van der Waals surface area (Å²) in [6.07, 6.45) is 2.12. The molecule has 0 aliphatic carbocycles. The quantitative estimate of drug-likeness (QED) is 0.698. The molecule has 2 nitrogen and oxygen atoms in total. The summed E-state index contributed by atoms with van der Waals surface area (Å²) in [5.74, 6) is 0.917. The number of benzene rings is 1. The minimum atomic E-state index is 0.715. The van der Waals surface area contributed by atoms with Crippen molar-refractivity contribution in [2.75, 3.05) is 13.2 Å². The van der Waals surface area contributed by atoms with Crippen molar-refractivity contribution >= 4 is 27.3 Å². The Balaban J connectivity index is 1.82. The van der Waals surface area contributed by atoms with Gasteiger partial charge in [0.2, 0.25) is 0 Å². The van der Waals surface area contributed by atoms with Crippen molar-refractivity contribution in [2.45, 2.75) is 26.3 Å². The van der Waals surface area contributed by atoms with Crippen molar-refractivity contribution in [1.82, 2.24) is 5.32 Å². The average molecular weight is 354 g/mol. The molecule has 0 bridgehead atoms. The van der Waals surface area contributed by atoms with Gasteiger partial charge in [-0.2, -0.15) is 0 Å². The van der Waals surface area contributed by atoms with Crippen molar-refractivity contribution in [3.63, 3.8) is 0 Å². The second-order valence-electron chi connectivity index (χ2n) is 4.62. The summed E-state index contributed by atoms with van der Waals surface area (Å²) >= 11 is 5.36. The van der Waals surface area contributed by atoms with Gasteiger partial charge in [0.15, 0.2) is 0 Å². The third kappa shape index (κ3) is 4.93. The lowest BCUT2D eigenvalue weighted by Gasteiger charge is -2.10. The van der Waals surface area contributed by atoms with Gasteiger partial charge in [-0.15, -0.1) is 11.3 Å². The van der Waals surface area contributed by atoms with E-state index in [-0.39, 0.29) is 0 Å². The fourth-order valence-electron chi connectivity index (χ4n) is 1.90. The van der Waals surface area contributed by atoms with E-state index < -0.39 is 0 Å². The Morgan fingerprint density at radius 2 is 2.20 bits per heavy atom. The van der Waals surface area contributed by atoms with Crippen molar-refractivity contribution in [3.05, 3.63) is 50.6 Å². The van der Waals surface area contributed by atoms with E-state index in [1.807, 2.05) is 6.07 Å². The van der Waals surface area contributed by atoms with E-state index in [1.165, 1.54) is 10.4 Å². The molecule has 0 spiro atoms. The number of nitrogens with one attached hydrogen (secondary N) is 1. The second kappa shape index (κ2) is 8.45. The summed E-state index contributed by atoms with van der Waals surface area (Å²) in [5, 5.41) is 5.50. The standard InChI is InChI=1S/C16H20BrNOS/c1-2-8-18-12-13-5-6-16(15(17)11-13)19-9-7-14-4-3-10-20-14/h3-6,10-11,18H,2,7-9,12H2,1H3. The number of halogens is 1. The highest BCUT2D eigenvalue weighted by Gasteiger charge is 2.03. The fourth-order valence-corrected chi connectivity index (χ4v) is 3.13. The van der Waals surface area contributed by atoms with Gasteiger partial charge in [0.25, 0.3) is 0 Å². The normalized spacial score (nSPS) is 10.7. The van der Waals surface area contributed by atoms with Gasteiger partial charge in [0.05, 0.1) is 11.1 Å². The molecule has 4 heteroatoms. The van der Waals surface area contributed by atoms with E-state index in [4.69, 9.17) is 4.74 Å². The highest BCUT2D eigenvalue weighted by Crippen LogP contribution is 2.26. The first kappa shape index (κ1) is 15.5. The maximum atomic E-state index is 5.83. The predicted octanol–water partition coefficient (Wildman–Crippen LogP) is 4.63. The highest BCUT2D eigenvalue weighted by molar-refractivity contribution is 9.10. The zero-order valence-electron chi connectivity index (χ0n) is 11.7. The van der Waals surface area contributed by atoms with Crippen LogP contribution in [0.1, 0.15) is 23.8 Å². The summed E-state index contributed by atoms with van der Waals surface area (Å²) in [6, 6.07) is 10.5. The molecular formula is C16H20BrNOS. The van der Waals surface area contributed by atoms with Crippen LogP contribution in [0.5, 0.6) is 5.75 Å². The molecule has 0 amide bonds. The third-order valence-corrected chi connectivity index (χ3v) is 4.49. The minimum Gasteiger partial charge on any atom is -0.492 e. The first-order chi connectivity index (χ1) is 9.79. The molecule has 0 unspecified atom stereocenters. The predicted molar refractivity (Wildman–Crippen MR) is 89.7 cm³/mol. The Morgan fingerprint density at radius 3 is 2.90 bits per heavy atom. The first-order valence-corrected chi connectivity index (χ1v) is 8.61. The molecule has 1 aromatic heterocycles. The lowest BCUT2D eigenvalue weighted by Crippen LogP contribution is -2.13. The second-order valence-corrected chi connectivity index (χ2v) is 6.51. The Kier molecular flexibility index (Phi) is 6.57. The molecule has 1 N–H and O–H groups in total. The summed E-state index contributed by atoms with van der Waals surface area (Å²) in [6.45, 7) is 4.85. The molecule has 0 saturated carbocycles. The molecule has 2 aromatic rings. The van der Waals surface area contributed by atoms with E-state index in [9.17, 15) is 0 Å². The molecule has 0 atom stereocenters. The molecule has 1 aromatic carbocycles. The van der Waals surface area contributed by atoms with E-state index >= 15 is 0 Å². The average Bonchev–Trinajstić information content (AvgIpc) is 2.95. The fraction of sp³-hybridized carbons (Fsp3) is 0.375. The Morgan fingerprint density at radius 1 is 1.30 bits per heavy atom. The lowest BCUT2D eigenvalue weighted by molar-refractivity contribution is 0.321. The molecule has 0 aliphatic rings. The molecule has 0 aliphatic heterocycles. The SMILES string of the molecule is CCCNCc1ccc(OCCc2cccs2)c(Br)c1. The molecule has 0 radical (unpaired) electrons. The van der Waals surface area contributed by atoms with Gasteiger partial charge in [0.1, 0.15) is 5.75 Å². The first-order valence-electron chi connectivity index (χ1n) is 6.94. The molecule has 0 saturated heterocycles. The number of hydrogen-bond acceptors (Lipinski definition) is 3. The van der Waals surface area contributed by atoms with Crippen molar-refractivity contribution in [3.8, 4) is 5.75 Å². The van der Waals surface area contributed by atoms with Gasteiger partial charge in [0, 0.05) is 17.8 Å². The van der Waals surface area contributed by atoms with E-state index in [2.05, 4.69) is 57.8 Å². The molecule has 20 heavy (non-hydrogen) atoms. The van der Waals surface area contributed by atoms with Crippen LogP contribution in [0, 0.1) is 0 Å². The van der Waals surface area contributed by atoms with Crippen LogP contribution in [0.25, 0.3) is 0 Å². The van der Waals surface area contributed by atoms with Crippen LogP contribution in [0.3, 0.4) is 0 Å². The molecule has 2 rings (SSSR count). The van der Waals surface area contributed by atoms with Gasteiger partial charge >= 0.3 is 0 Å².